The Balaban J connectivity index is 1.50. The lowest BCUT2D eigenvalue weighted by atomic mass is 9.67. The summed E-state index contributed by atoms with van der Waals surface area (Å²) in [4.78, 5) is 4.91. The van der Waals surface area contributed by atoms with Gasteiger partial charge in [0.25, 0.3) is 0 Å². The number of nitrogens with zero attached hydrogens (tertiary/aromatic N) is 1. The molecule has 3 saturated carbocycles. The zero-order chi connectivity index (χ0) is 15.5. The minimum absolute atomic E-state index is 0.409. The van der Waals surface area contributed by atoms with Gasteiger partial charge >= 0.3 is 0 Å². The van der Waals surface area contributed by atoms with Crippen molar-refractivity contribution in [3.63, 3.8) is 0 Å². The summed E-state index contributed by atoms with van der Waals surface area (Å²) in [6.07, 6.45) is 10.9. The molecule has 3 fully saturated rings. The molecule has 0 aliphatic heterocycles. The van der Waals surface area contributed by atoms with Crippen LogP contribution < -0.4 is 10.6 Å². The normalized spacial score (nSPS) is 25.5. The van der Waals surface area contributed by atoms with Crippen LogP contribution in [0.5, 0.6) is 0 Å². The monoisotopic (exact) mass is 307 g/mol. The molecule has 4 nitrogen and oxygen atoms in total. The third-order valence-electron chi connectivity index (χ3n) is 6.11. The Morgan fingerprint density at radius 2 is 1.95 bits per heavy atom. The van der Waals surface area contributed by atoms with Crippen LogP contribution in [0.1, 0.15) is 58.3 Å². The lowest BCUT2D eigenvalue weighted by Crippen LogP contribution is -2.42. The van der Waals surface area contributed by atoms with Crippen LogP contribution in [0, 0.1) is 16.7 Å². The fourth-order valence-electron chi connectivity index (χ4n) is 3.92. The lowest BCUT2D eigenvalue weighted by Gasteiger charge is -2.40. The number of methoxy groups -OCH3 is 1. The zero-order valence-corrected chi connectivity index (χ0v) is 14.4. The van der Waals surface area contributed by atoms with E-state index < -0.39 is 0 Å². The molecule has 0 saturated heterocycles. The summed E-state index contributed by atoms with van der Waals surface area (Å²) in [5.41, 5.74) is 1.03. The van der Waals surface area contributed by atoms with E-state index in [2.05, 4.69) is 17.6 Å². The first-order valence-electron chi connectivity index (χ1n) is 9.23. The Hall–Kier alpha value is -0.770. The van der Waals surface area contributed by atoms with E-state index in [1.807, 2.05) is 0 Å². The molecular formula is C18H33N3O. The number of nitrogens with one attached hydrogen (secondary N) is 2. The predicted molar refractivity (Wildman–Crippen MR) is 91.1 cm³/mol. The van der Waals surface area contributed by atoms with Crippen LogP contribution in [-0.2, 0) is 4.74 Å². The highest BCUT2D eigenvalue weighted by atomic mass is 16.5. The number of hydrogen-bond donors (Lipinski definition) is 2. The second-order valence-corrected chi connectivity index (χ2v) is 7.78. The van der Waals surface area contributed by atoms with Crippen molar-refractivity contribution in [3.05, 3.63) is 0 Å². The van der Waals surface area contributed by atoms with E-state index in [-0.39, 0.29) is 0 Å². The molecule has 0 radical (unpaired) electrons. The van der Waals surface area contributed by atoms with E-state index in [0.717, 1.165) is 44.5 Å². The van der Waals surface area contributed by atoms with Gasteiger partial charge < -0.3 is 15.4 Å². The number of ether oxygens (including phenoxy) is 1. The molecule has 0 atom stereocenters. The van der Waals surface area contributed by atoms with Crippen LogP contribution in [0.15, 0.2) is 4.99 Å². The van der Waals surface area contributed by atoms with Crippen LogP contribution in [0.3, 0.4) is 0 Å². The summed E-state index contributed by atoms with van der Waals surface area (Å²) in [5, 5.41) is 7.06. The third-order valence-corrected chi connectivity index (χ3v) is 6.11. The molecule has 2 N–H and O–H groups in total. The minimum Gasteiger partial charge on any atom is -0.385 e. The lowest BCUT2D eigenvalue weighted by molar-refractivity contribution is 0.0778. The smallest absolute Gasteiger partial charge is 0.191 e. The summed E-state index contributed by atoms with van der Waals surface area (Å²) in [5.74, 6) is 2.03. The summed E-state index contributed by atoms with van der Waals surface area (Å²) in [6.45, 7) is 6.02. The summed E-state index contributed by atoms with van der Waals surface area (Å²) >= 11 is 0. The van der Waals surface area contributed by atoms with Gasteiger partial charge in [0.05, 0.1) is 0 Å². The second-order valence-electron chi connectivity index (χ2n) is 7.78. The Kier molecular flexibility index (Phi) is 4.96. The first kappa shape index (κ1) is 16.1. The highest BCUT2D eigenvalue weighted by Crippen LogP contribution is 2.60. The molecule has 4 heteroatoms. The Morgan fingerprint density at radius 1 is 1.18 bits per heavy atom. The molecule has 0 amide bonds. The number of hydrogen-bond acceptors (Lipinski definition) is 2. The van der Waals surface area contributed by atoms with E-state index in [4.69, 9.17) is 9.73 Å². The molecule has 3 aliphatic carbocycles. The fraction of sp³-hybridized carbons (Fsp3) is 0.944. The van der Waals surface area contributed by atoms with Crippen molar-refractivity contribution in [2.45, 2.75) is 58.3 Å². The van der Waals surface area contributed by atoms with Gasteiger partial charge in [0.15, 0.2) is 5.96 Å². The van der Waals surface area contributed by atoms with Gasteiger partial charge in [-0.05, 0) is 68.6 Å². The Labute approximate surface area is 135 Å². The Morgan fingerprint density at radius 3 is 2.45 bits per heavy atom. The maximum atomic E-state index is 5.28. The summed E-state index contributed by atoms with van der Waals surface area (Å²) in [6, 6.07) is 0. The van der Waals surface area contributed by atoms with Crippen LogP contribution in [-0.4, -0.2) is 39.3 Å². The minimum atomic E-state index is 0.409. The molecule has 3 aliphatic rings. The van der Waals surface area contributed by atoms with Gasteiger partial charge in [-0.1, -0.05) is 6.42 Å². The van der Waals surface area contributed by atoms with Gasteiger partial charge in [-0.2, -0.15) is 0 Å². The highest BCUT2D eigenvalue weighted by molar-refractivity contribution is 5.79. The maximum Gasteiger partial charge on any atom is 0.191 e. The van der Waals surface area contributed by atoms with Gasteiger partial charge in [-0.3, -0.25) is 4.99 Å². The quantitative estimate of drug-likeness (QED) is 0.508. The molecule has 0 unspecified atom stereocenters. The van der Waals surface area contributed by atoms with E-state index >= 15 is 0 Å². The molecule has 0 bridgehead atoms. The molecule has 0 heterocycles. The van der Waals surface area contributed by atoms with Crippen molar-refractivity contribution in [1.29, 1.82) is 0 Å². The van der Waals surface area contributed by atoms with E-state index in [1.165, 1.54) is 44.9 Å². The van der Waals surface area contributed by atoms with Gasteiger partial charge in [0, 0.05) is 33.4 Å². The molecule has 126 valence electrons. The van der Waals surface area contributed by atoms with Gasteiger partial charge in [-0.15, -0.1) is 0 Å². The van der Waals surface area contributed by atoms with Crippen LogP contribution in [0.25, 0.3) is 0 Å². The molecular weight excluding hydrogens is 274 g/mol. The SMILES string of the molecule is CCNC(=NCC1(CCOC)CCC1)NCC1(C2CC2)CC1. The van der Waals surface area contributed by atoms with Crippen LogP contribution >= 0.6 is 0 Å². The first-order valence-corrected chi connectivity index (χ1v) is 9.23. The van der Waals surface area contributed by atoms with Crippen molar-refractivity contribution in [3.8, 4) is 0 Å². The van der Waals surface area contributed by atoms with E-state index in [1.54, 1.807) is 7.11 Å². The standard InChI is InChI=1S/C18H33N3O/c1-3-19-16(21-14-18(9-10-18)15-5-6-15)20-13-17(7-4-8-17)11-12-22-2/h15H,3-14H2,1-2H3,(H2,19,20,21). The summed E-state index contributed by atoms with van der Waals surface area (Å²) < 4.78 is 5.28. The number of guanidine groups is 1. The highest BCUT2D eigenvalue weighted by Gasteiger charge is 2.53. The number of aliphatic imine (C=N–C) groups is 1. The van der Waals surface area contributed by atoms with Gasteiger partial charge in [-0.25, -0.2) is 0 Å². The second kappa shape index (κ2) is 6.77. The largest absolute Gasteiger partial charge is 0.385 e. The fourth-order valence-corrected chi connectivity index (χ4v) is 3.92. The molecule has 0 spiro atoms. The maximum absolute atomic E-state index is 5.28. The Bertz CT molecular complexity index is 395. The third kappa shape index (κ3) is 3.76. The average molecular weight is 307 g/mol. The first-order chi connectivity index (χ1) is 10.7. The van der Waals surface area contributed by atoms with Crippen LogP contribution in [0.2, 0.25) is 0 Å². The zero-order valence-electron chi connectivity index (χ0n) is 14.4. The van der Waals surface area contributed by atoms with Crippen molar-refractivity contribution in [2.24, 2.45) is 21.7 Å². The van der Waals surface area contributed by atoms with Crippen molar-refractivity contribution < 1.29 is 4.74 Å². The molecule has 22 heavy (non-hydrogen) atoms. The topological polar surface area (TPSA) is 45.7 Å². The molecule has 0 aromatic rings. The van der Waals surface area contributed by atoms with Crippen molar-refractivity contribution in [2.75, 3.05) is 33.4 Å². The van der Waals surface area contributed by atoms with E-state index in [9.17, 15) is 0 Å². The average Bonchev–Trinajstić information content (AvgIpc) is 3.36. The van der Waals surface area contributed by atoms with Crippen molar-refractivity contribution in [1.82, 2.24) is 10.6 Å². The molecule has 0 aromatic carbocycles. The van der Waals surface area contributed by atoms with E-state index in [0.29, 0.717) is 10.8 Å². The summed E-state index contributed by atoms with van der Waals surface area (Å²) in [7, 11) is 1.80. The molecule has 0 aromatic heterocycles. The van der Waals surface area contributed by atoms with Gasteiger partial charge in [0.1, 0.15) is 0 Å². The van der Waals surface area contributed by atoms with Crippen molar-refractivity contribution >= 4 is 5.96 Å². The number of rotatable bonds is 9. The predicted octanol–water partition coefficient (Wildman–Crippen LogP) is 2.94. The molecule has 3 rings (SSSR count). The van der Waals surface area contributed by atoms with Crippen LogP contribution in [0.4, 0.5) is 0 Å². The van der Waals surface area contributed by atoms with Gasteiger partial charge in [0.2, 0.25) is 0 Å².